The van der Waals surface area contributed by atoms with Crippen molar-refractivity contribution in [3.05, 3.63) is 16.0 Å². The van der Waals surface area contributed by atoms with E-state index in [0.29, 0.717) is 5.69 Å². The molecule has 0 saturated heterocycles. The zero-order chi connectivity index (χ0) is 14.9. The summed E-state index contributed by atoms with van der Waals surface area (Å²) in [6.45, 7) is 1.74. The molecule has 2 rings (SSSR count). The second-order valence-corrected chi connectivity index (χ2v) is 6.71. The molecule has 0 aromatic carbocycles. The molecule has 9 heteroatoms. The number of anilines is 1. The molecule has 21 heavy (non-hydrogen) atoms. The Labute approximate surface area is 146 Å². The van der Waals surface area contributed by atoms with Crippen LogP contribution in [0.1, 0.15) is 43.8 Å². The third-order valence-corrected chi connectivity index (χ3v) is 4.44. The van der Waals surface area contributed by atoms with Gasteiger partial charge in [-0.25, -0.2) is 13.1 Å². The molecule has 7 nitrogen and oxygen atoms in total. The molecule has 114 valence electrons. The summed E-state index contributed by atoms with van der Waals surface area (Å²) in [5.74, 6) is -0.766. The summed E-state index contributed by atoms with van der Waals surface area (Å²) in [5.41, 5.74) is 0.599. The van der Waals surface area contributed by atoms with Crippen LogP contribution in [0, 0.1) is 6.92 Å². The molecule has 0 aliphatic heterocycles. The van der Waals surface area contributed by atoms with Gasteiger partial charge in [0.15, 0.2) is 0 Å². The van der Waals surface area contributed by atoms with Crippen molar-refractivity contribution < 1.29 is 42.5 Å². The zero-order valence-electron chi connectivity index (χ0n) is 12.8. The van der Waals surface area contributed by atoms with Gasteiger partial charge in [-0.1, -0.05) is 19.3 Å². The maximum absolute atomic E-state index is 12.4. The second kappa shape index (κ2) is 7.32. The van der Waals surface area contributed by atoms with Crippen molar-refractivity contribution in [3.8, 4) is 0 Å². The third kappa shape index (κ3) is 4.35. The first-order valence-electron chi connectivity index (χ1n) is 6.77. The van der Waals surface area contributed by atoms with E-state index in [-0.39, 0.29) is 46.8 Å². The van der Waals surface area contributed by atoms with Gasteiger partial charge in [-0.05, 0) is 19.8 Å². The predicted molar refractivity (Wildman–Crippen MR) is 74.7 cm³/mol. The fourth-order valence-corrected chi connectivity index (χ4v) is 3.15. The normalized spacial score (nSPS) is 16.5. The Hall–Kier alpha value is -0.280. The van der Waals surface area contributed by atoms with E-state index in [1.54, 1.807) is 23.3 Å². The SMILES string of the molecule is Cc1c(NCS(=O)(=O)[O-])c(=O)n(C2CCCCC2)n1C.[Na+]. The fourth-order valence-electron chi connectivity index (χ4n) is 2.83. The molecule has 1 aromatic rings. The van der Waals surface area contributed by atoms with E-state index in [0.717, 1.165) is 25.7 Å². The minimum Gasteiger partial charge on any atom is -0.747 e. The smallest absolute Gasteiger partial charge is 0.747 e. The van der Waals surface area contributed by atoms with E-state index in [9.17, 15) is 17.8 Å². The van der Waals surface area contributed by atoms with Crippen molar-refractivity contribution in [2.45, 2.75) is 45.1 Å². The maximum atomic E-state index is 12.4. The molecule has 0 bridgehead atoms. The van der Waals surface area contributed by atoms with Gasteiger partial charge in [-0.15, -0.1) is 0 Å². The molecule has 1 fully saturated rings. The molecule has 1 saturated carbocycles. The summed E-state index contributed by atoms with van der Waals surface area (Å²) < 4.78 is 35.5. The van der Waals surface area contributed by atoms with Crippen LogP contribution in [0.5, 0.6) is 0 Å². The monoisotopic (exact) mass is 325 g/mol. The van der Waals surface area contributed by atoms with Gasteiger partial charge >= 0.3 is 29.6 Å². The Morgan fingerprint density at radius 2 is 1.86 bits per heavy atom. The zero-order valence-corrected chi connectivity index (χ0v) is 15.6. The van der Waals surface area contributed by atoms with Crippen LogP contribution >= 0.6 is 0 Å². The third-order valence-electron chi connectivity index (χ3n) is 3.94. The molecular weight excluding hydrogens is 305 g/mol. The van der Waals surface area contributed by atoms with Crippen LogP contribution in [-0.2, 0) is 17.2 Å². The Balaban J connectivity index is 0.00000220. The van der Waals surface area contributed by atoms with E-state index in [1.165, 1.54) is 6.42 Å². The van der Waals surface area contributed by atoms with Crippen molar-refractivity contribution in [2.75, 3.05) is 11.2 Å². The molecule has 0 radical (unpaired) electrons. The molecule has 1 N–H and O–H groups in total. The van der Waals surface area contributed by atoms with Crippen LogP contribution in [0.3, 0.4) is 0 Å². The average Bonchev–Trinajstić information content (AvgIpc) is 2.59. The standard InChI is InChI=1S/C12H21N3O4S.Na/c1-9-11(13-8-20(17,18)19)12(16)15(14(9)2)10-6-4-3-5-7-10;/h10,13H,3-8H2,1-2H3,(H,17,18,19);/q;+1/p-1. The summed E-state index contributed by atoms with van der Waals surface area (Å²) in [5, 5.41) is 2.47. The average molecular weight is 325 g/mol. The van der Waals surface area contributed by atoms with Crippen LogP contribution in [0.4, 0.5) is 5.69 Å². The van der Waals surface area contributed by atoms with Gasteiger partial charge in [0.1, 0.15) is 21.7 Å². The van der Waals surface area contributed by atoms with E-state index < -0.39 is 16.0 Å². The van der Waals surface area contributed by atoms with Crippen LogP contribution in [0.15, 0.2) is 4.79 Å². The molecule has 0 unspecified atom stereocenters. The Morgan fingerprint density at radius 3 is 2.38 bits per heavy atom. The Morgan fingerprint density at radius 1 is 1.29 bits per heavy atom. The topological polar surface area (TPSA) is 96.2 Å². The number of rotatable bonds is 4. The van der Waals surface area contributed by atoms with Crippen molar-refractivity contribution in [2.24, 2.45) is 7.05 Å². The Kier molecular flexibility index (Phi) is 6.54. The largest absolute Gasteiger partial charge is 1.00 e. The predicted octanol–water partition coefficient (Wildman–Crippen LogP) is -2.08. The first kappa shape index (κ1) is 18.8. The molecule has 1 aliphatic carbocycles. The fraction of sp³-hybridized carbons (Fsp3) is 0.750. The minimum atomic E-state index is -4.40. The molecule has 0 atom stereocenters. The summed E-state index contributed by atoms with van der Waals surface area (Å²) in [6, 6.07) is 0.152. The van der Waals surface area contributed by atoms with E-state index in [4.69, 9.17) is 0 Å². The van der Waals surface area contributed by atoms with Crippen LogP contribution in [-0.4, -0.2) is 28.2 Å². The van der Waals surface area contributed by atoms with Crippen LogP contribution < -0.4 is 40.4 Å². The first-order chi connectivity index (χ1) is 9.31. The summed E-state index contributed by atoms with van der Waals surface area (Å²) >= 11 is 0. The second-order valence-electron chi connectivity index (χ2n) is 5.30. The van der Waals surface area contributed by atoms with Gasteiger partial charge in [0.2, 0.25) is 0 Å². The molecule has 1 aliphatic rings. The van der Waals surface area contributed by atoms with Crippen molar-refractivity contribution in [1.82, 2.24) is 9.36 Å². The van der Waals surface area contributed by atoms with Gasteiger partial charge in [-0.2, -0.15) is 0 Å². The van der Waals surface area contributed by atoms with Crippen LogP contribution in [0.25, 0.3) is 0 Å². The van der Waals surface area contributed by atoms with Crippen molar-refractivity contribution in [1.29, 1.82) is 0 Å². The summed E-state index contributed by atoms with van der Waals surface area (Å²) in [6.07, 6.45) is 5.29. The van der Waals surface area contributed by atoms with Gasteiger partial charge in [0, 0.05) is 7.05 Å². The number of hydrogen-bond donors (Lipinski definition) is 1. The van der Waals surface area contributed by atoms with Gasteiger partial charge in [-0.3, -0.25) is 9.48 Å². The molecule has 1 aromatic heterocycles. The maximum Gasteiger partial charge on any atom is 1.00 e. The summed E-state index contributed by atoms with van der Waals surface area (Å²) in [4.78, 5) is 12.4. The molecule has 1 heterocycles. The quantitative estimate of drug-likeness (QED) is 0.506. The number of aromatic nitrogens is 2. The van der Waals surface area contributed by atoms with Crippen molar-refractivity contribution >= 4 is 15.8 Å². The van der Waals surface area contributed by atoms with Crippen LogP contribution in [0.2, 0.25) is 0 Å². The first-order valence-corrected chi connectivity index (χ1v) is 8.34. The molecular formula is C12H20N3NaO4S. The number of nitrogens with zero attached hydrogens (tertiary/aromatic N) is 2. The van der Waals surface area contributed by atoms with Gasteiger partial charge in [0.25, 0.3) is 5.56 Å². The van der Waals surface area contributed by atoms with E-state index >= 15 is 0 Å². The van der Waals surface area contributed by atoms with E-state index in [2.05, 4.69) is 5.32 Å². The van der Waals surface area contributed by atoms with Gasteiger partial charge in [0.05, 0.1) is 11.7 Å². The van der Waals surface area contributed by atoms with E-state index in [1.807, 2.05) is 0 Å². The van der Waals surface area contributed by atoms with Crippen molar-refractivity contribution in [3.63, 3.8) is 0 Å². The molecule has 0 spiro atoms. The molecule has 0 amide bonds. The number of nitrogens with one attached hydrogen (secondary N) is 1. The summed E-state index contributed by atoms with van der Waals surface area (Å²) in [7, 11) is -2.62. The number of hydrogen-bond acceptors (Lipinski definition) is 5. The Bertz CT molecular complexity index is 644. The minimum absolute atomic E-state index is 0. The van der Waals surface area contributed by atoms with Gasteiger partial charge < -0.3 is 9.87 Å².